The first-order valence-electron chi connectivity index (χ1n) is 10.3. The SMILES string of the molecule is CC(C)c1cccc(C(C)C)c1NC(=O)CN1CCN(Cc2cccs2)CC1. The topological polar surface area (TPSA) is 35.6 Å². The van der Waals surface area contributed by atoms with Crippen LogP contribution in [0.1, 0.15) is 55.5 Å². The van der Waals surface area contributed by atoms with E-state index in [4.69, 9.17) is 0 Å². The molecule has 0 atom stereocenters. The second kappa shape index (κ2) is 9.68. The number of hydrogen-bond donors (Lipinski definition) is 1. The van der Waals surface area contributed by atoms with E-state index in [0.29, 0.717) is 18.4 Å². The second-order valence-corrected chi connectivity index (χ2v) is 9.33. The summed E-state index contributed by atoms with van der Waals surface area (Å²) in [6.07, 6.45) is 0. The minimum atomic E-state index is 0.0988. The lowest BCUT2D eigenvalue weighted by molar-refractivity contribution is -0.117. The highest BCUT2D eigenvalue weighted by Gasteiger charge is 2.21. The van der Waals surface area contributed by atoms with Crippen molar-refractivity contribution in [2.45, 2.75) is 46.1 Å². The van der Waals surface area contributed by atoms with Crippen LogP contribution in [0.5, 0.6) is 0 Å². The van der Waals surface area contributed by atoms with E-state index in [1.807, 2.05) is 11.3 Å². The molecule has 0 bridgehead atoms. The summed E-state index contributed by atoms with van der Waals surface area (Å²) >= 11 is 1.82. The zero-order valence-corrected chi connectivity index (χ0v) is 18.4. The summed E-state index contributed by atoms with van der Waals surface area (Å²) in [5.74, 6) is 0.867. The average molecular weight is 400 g/mol. The Kier molecular flexibility index (Phi) is 7.27. The van der Waals surface area contributed by atoms with E-state index in [1.165, 1.54) is 16.0 Å². The van der Waals surface area contributed by atoms with Crippen LogP contribution in [-0.4, -0.2) is 48.4 Å². The molecule has 0 spiro atoms. The largest absolute Gasteiger partial charge is 0.324 e. The van der Waals surface area contributed by atoms with Crippen LogP contribution >= 0.6 is 11.3 Å². The minimum absolute atomic E-state index is 0.0988. The van der Waals surface area contributed by atoms with Crippen molar-refractivity contribution in [3.63, 3.8) is 0 Å². The van der Waals surface area contributed by atoms with E-state index < -0.39 is 0 Å². The van der Waals surface area contributed by atoms with Gasteiger partial charge in [-0.3, -0.25) is 14.6 Å². The van der Waals surface area contributed by atoms with Crippen LogP contribution in [0.25, 0.3) is 0 Å². The van der Waals surface area contributed by atoms with Crippen LogP contribution in [-0.2, 0) is 11.3 Å². The van der Waals surface area contributed by atoms with E-state index in [0.717, 1.165) is 38.4 Å². The third kappa shape index (κ3) is 5.43. The van der Waals surface area contributed by atoms with Gasteiger partial charge in [-0.2, -0.15) is 0 Å². The molecule has 0 saturated carbocycles. The summed E-state index contributed by atoms with van der Waals surface area (Å²) in [5, 5.41) is 5.38. The number of para-hydroxylation sites is 1. The molecule has 2 aromatic rings. The van der Waals surface area contributed by atoms with Gasteiger partial charge in [0, 0.05) is 43.3 Å². The maximum Gasteiger partial charge on any atom is 0.238 e. The van der Waals surface area contributed by atoms with Crippen molar-refractivity contribution in [2.75, 3.05) is 38.0 Å². The normalized spacial score (nSPS) is 16.1. The van der Waals surface area contributed by atoms with Crippen LogP contribution in [0, 0.1) is 0 Å². The van der Waals surface area contributed by atoms with Gasteiger partial charge in [0.15, 0.2) is 0 Å². The first-order valence-corrected chi connectivity index (χ1v) is 11.2. The zero-order chi connectivity index (χ0) is 20.1. The maximum absolute atomic E-state index is 12.8. The summed E-state index contributed by atoms with van der Waals surface area (Å²) in [6.45, 7) is 14.2. The fourth-order valence-corrected chi connectivity index (χ4v) is 4.55. The molecule has 0 radical (unpaired) electrons. The molecule has 1 aliphatic heterocycles. The maximum atomic E-state index is 12.8. The number of carbonyl (C=O) groups excluding carboxylic acids is 1. The molecule has 0 unspecified atom stereocenters. The standard InChI is InChI=1S/C23H33N3OS/c1-17(2)20-8-5-9-21(18(3)4)23(20)24-22(27)16-26-12-10-25(11-13-26)15-19-7-6-14-28-19/h5-9,14,17-18H,10-13,15-16H2,1-4H3,(H,24,27). The molecule has 0 aliphatic carbocycles. The number of benzene rings is 1. The highest BCUT2D eigenvalue weighted by molar-refractivity contribution is 7.09. The van der Waals surface area contributed by atoms with Crippen LogP contribution in [0.15, 0.2) is 35.7 Å². The highest BCUT2D eigenvalue weighted by atomic mass is 32.1. The minimum Gasteiger partial charge on any atom is -0.324 e. The number of nitrogens with zero attached hydrogens (tertiary/aromatic N) is 2. The van der Waals surface area contributed by atoms with Gasteiger partial charge in [-0.25, -0.2) is 0 Å². The number of piperazine rings is 1. The van der Waals surface area contributed by atoms with E-state index in [2.05, 4.69) is 78.5 Å². The van der Waals surface area contributed by atoms with E-state index in [-0.39, 0.29) is 5.91 Å². The second-order valence-electron chi connectivity index (χ2n) is 8.30. The average Bonchev–Trinajstić information content (AvgIpc) is 3.16. The van der Waals surface area contributed by atoms with Crippen molar-refractivity contribution in [1.82, 2.24) is 9.80 Å². The quantitative estimate of drug-likeness (QED) is 0.730. The number of nitrogens with one attached hydrogen (secondary N) is 1. The number of hydrogen-bond acceptors (Lipinski definition) is 4. The van der Waals surface area contributed by atoms with Crippen LogP contribution in [0.4, 0.5) is 5.69 Å². The molecule has 2 heterocycles. The highest BCUT2D eigenvalue weighted by Crippen LogP contribution is 2.32. The molecule has 4 nitrogen and oxygen atoms in total. The fraction of sp³-hybridized carbons (Fsp3) is 0.522. The van der Waals surface area contributed by atoms with Crippen LogP contribution in [0.3, 0.4) is 0 Å². The van der Waals surface area contributed by atoms with Crippen molar-refractivity contribution >= 4 is 22.9 Å². The van der Waals surface area contributed by atoms with Crippen molar-refractivity contribution in [3.05, 3.63) is 51.7 Å². The Hall–Kier alpha value is -1.69. The summed E-state index contributed by atoms with van der Waals surface area (Å²) in [4.78, 5) is 19.0. The van der Waals surface area contributed by atoms with E-state index in [9.17, 15) is 4.79 Å². The van der Waals surface area contributed by atoms with Gasteiger partial charge in [0.2, 0.25) is 5.91 Å². The van der Waals surface area contributed by atoms with Crippen LogP contribution < -0.4 is 5.32 Å². The Bertz CT molecular complexity index is 736. The Morgan fingerprint density at radius 3 is 2.11 bits per heavy atom. The van der Waals surface area contributed by atoms with Gasteiger partial charge in [0.05, 0.1) is 6.54 Å². The third-order valence-electron chi connectivity index (χ3n) is 5.43. The molecule has 152 valence electrons. The lowest BCUT2D eigenvalue weighted by Crippen LogP contribution is -2.48. The molecule has 1 aromatic heterocycles. The van der Waals surface area contributed by atoms with Crippen molar-refractivity contribution in [3.8, 4) is 0 Å². The van der Waals surface area contributed by atoms with Crippen LogP contribution in [0.2, 0.25) is 0 Å². The lowest BCUT2D eigenvalue weighted by Gasteiger charge is -2.34. The van der Waals surface area contributed by atoms with E-state index >= 15 is 0 Å². The van der Waals surface area contributed by atoms with Gasteiger partial charge in [0.1, 0.15) is 0 Å². The molecular weight excluding hydrogens is 366 g/mol. The summed E-state index contributed by atoms with van der Waals surface area (Å²) < 4.78 is 0. The predicted molar refractivity (Wildman–Crippen MR) is 119 cm³/mol. The molecule has 1 aromatic carbocycles. The van der Waals surface area contributed by atoms with Crippen molar-refractivity contribution in [2.24, 2.45) is 0 Å². The molecule has 1 amide bonds. The first kappa shape index (κ1) is 21.0. The Morgan fingerprint density at radius 2 is 1.57 bits per heavy atom. The smallest absolute Gasteiger partial charge is 0.238 e. The van der Waals surface area contributed by atoms with E-state index in [1.54, 1.807) is 0 Å². The van der Waals surface area contributed by atoms with Gasteiger partial charge in [-0.15, -0.1) is 11.3 Å². The molecule has 3 rings (SSSR count). The number of amides is 1. The van der Waals surface area contributed by atoms with Gasteiger partial charge in [-0.05, 0) is 34.4 Å². The van der Waals surface area contributed by atoms with Gasteiger partial charge in [0.25, 0.3) is 0 Å². The fourth-order valence-electron chi connectivity index (χ4n) is 3.81. The molecule has 28 heavy (non-hydrogen) atoms. The van der Waals surface area contributed by atoms with Gasteiger partial charge in [-0.1, -0.05) is 52.0 Å². The predicted octanol–water partition coefficient (Wildman–Crippen LogP) is 4.75. The lowest BCUT2D eigenvalue weighted by atomic mass is 9.92. The zero-order valence-electron chi connectivity index (χ0n) is 17.6. The number of rotatable bonds is 7. The van der Waals surface area contributed by atoms with Crippen molar-refractivity contribution in [1.29, 1.82) is 0 Å². The summed E-state index contributed by atoms with van der Waals surface area (Å²) in [5.41, 5.74) is 3.47. The van der Waals surface area contributed by atoms with Crippen molar-refractivity contribution < 1.29 is 4.79 Å². The Labute approximate surface area is 173 Å². The molecule has 5 heteroatoms. The monoisotopic (exact) mass is 399 g/mol. The number of thiophene rings is 1. The molecule has 1 saturated heterocycles. The summed E-state index contributed by atoms with van der Waals surface area (Å²) in [7, 11) is 0. The Morgan fingerprint density at radius 1 is 0.964 bits per heavy atom. The number of carbonyl (C=O) groups is 1. The first-order chi connectivity index (χ1) is 13.4. The molecule has 1 aliphatic rings. The molecule has 1 fully saturated rings. The molecular formula is C23H33N3OS. The molecule has 1 N–H and O–H groups in total. The Balaban J connectivity index is 1.56. The van der Waals surface area contributed by atoms with Gasteiger partial charge >= 0.3 is 0 Å². The van der Waals surface area contributed by atoms with Gasteiger partial charge < -0.3 is 5.32 Å². The summed E-state index contributed by atoms with van der Waals surface area (Å²) in [6, 6.07) is 10.7. The number of anilines is 1. The third-order valence-corrected chi connectivity index (χ3v) is 6.29.